The van der Waals surface area contributed by atoms with Crippen LogP contribution in [-0.4, -0.2) is 48.2 Å². The first kappa shape index (κ1) is 18.2. The number of benzene rings is 1. The second-order valence-electron chi connectivity index (χ2n) is 7.85. The van der Waals surface area contributed by atoms with Crippen molar-refractivity contribution in [1.82, 2.24) is 4.90 Å². The van der Waals surface area contributed by atoms with Gasteiger partial charge in [0.15, 0.2) is 0 Å². The van der Waals surface area contributed by atoms with Crippen LogP contribution in [0.25, 0.3) is 0 Å². The van der Waals surface area contributed by atoms with Crippen LogP contribution < -0.4 is 4.90 Å². The third-order valence-corrected chi connectivity index (χ3v) is 6.49. The molecule has 0 spiro atoms. The van der Waals surface area contributed by atoms with Crippen LogP contribution in [0, 0.1) is 5.41 Å². The number of amides is 1. The number of likely N-dealkylation sites (tertiary alicyclic amines) is 1. The number of aryl methyl sites for hydroxylation is 1. The van der Waals surface area contributed by atoms with Gasteiger partial charge in [0.05, 0.1) is 0 Å². The molecule has 0 bridgehead atoms. The van der Waals surface area contributed by atoms with Crippen LogP contribution >= 0.6 is 0 Å². The summed E-state index contributed by atoms with van der Waals surface area (Å²) >= 11 is 0. The SMILES string of the molecule is CCC1(CO)CCN(C(=O)CCN2c3ccccc3CCC2C)CC1. The largest absolute Gasteiger partial charge is 0.396 e. The minimum absolute atomic E-state index is 0.0388. The molecule has 4 nitrogen and oxygen atoms in total. The Morgan fingerprint density at radius 2 is 2.00 bits per heavy atom. The van der Waals surface area contributed by atoms with Crippen molar-refractivity contribution in [2.24, 2.45) is 5.41 Å². The van der Waals surface area contributed by atoms with Crippen molar-refractivity contribution >= 4 is 11.6 Å². The summed E-state index contributed by atoms with van der Waals surface area (Å²) < 4.78 is 0. The third-order valence-electron chi connectivity index (χ3n) is 6.49. The van der Waals surface area contributed by atoms with Crippen molar-refractivity contribution in [2.45, 2.75) is 58.4 Å². The van der Waals surface area contributed by atoms with E-state index in [2.05, 4.69) is 43.0 Å². The summed E-state index contributed by atoms with van der Waals surface area (Å²) in [5.41, 5.74) is 2.75. The average Bonchev–Trinajstić information content (AvgIpc) is 2.67. The van der Waals surface area contributed by atoms with Gasteiger partial charge in [-0.15, -0.1) is 0 Å². The first-order chi connectivity index (χ1) is 12.1. The zero-order chi connectivity index (χ0) is 17.9. The molecule has 0 saturated carbocycles. The van der Waals surface area contributed by atoms with Gasteiger partial charge in [0, 0.05) is 44.4 Å². The standard InChI is InChI=1S/C21H32N2O2/c1-3-21(16-24)11-14-22(15-12-21)20(25)10-13-23-17(2)8-9-18-6-4-5-7-19(18)23/h4-7,17,24H,3,8-16H2,1-2H3. The highest BCUT2D eigenvalue weighted by Crippen LogP contribution is 2.34. The Kier molecular flexibility index (Phi) is 5.67. The van der Waals surface area contributed by atoms with E-state index in [1.807, 2.05) is 4.90 Å². The molecule has 0 aromatic heterocycles. The molecule has 2 heterocycles. The Hall–Kier alpha value is -1.55. The van der Waals surface area contributed by atoms with E-state index >= 15 is 0 Å². The highest BCUT2D eigenvalue weighted by Gasteiger charge is 2.34. The molecule has 1 fully saturated rings. The quantitative estimate of drug-likeness (QED) is 0.892. The maximum atomic E-state index is 12.7. The fraction of sp³-hybridized carbons (Fsp3) is 0.667. The molecule has 1 aromatic rings. The van der Waals surface area contributed by atoms with Gasteiger partial charge in [0.2, 0.25) is 5.91 Å². The van der Waals surface area contributed by atoms with E-state index in [0.29, 0.717) is 12.5 Å². The highest BCUT2D eigenvalue weighted by atomic mass is 16.3. The molecule has 0 aliphatic carbocycles. The second-order valence-corrected chi connectivity index (χ2v) is 7.85. The molecule has 25 heavy (non-hydrogen) atoms. The molecule has 3 rings (SSSR count). The number of anilines is 1. The summed E-state index contributed by atoms with van der Waals surface area (Å²) in [6.45, 7) is 7.03. The van der Waals surface area contributed by atoms with Crippen molar-refractivity contribution < 1.29 is 9.90 Å². The second kappa shape index (κ2) is 7.77. The van der Waals surface area contributed by atoms with E-state index in [4.69, 9.17) is 0 Å². The average molecular weight is 344 g/mol. The third kappa shape index (κ3) is 3.84. The number of piperidine rings is 1. The number of carbonyl (C=O) groups excluding carboxylic acids is 1. The van der Waals surface area contributed by atoms with Gasteiger partial charge in [-0.1, -0.05) is 25.1 Å². The van der Waals surface area contributed by atoms with Crippen molar-refractivity contribution in [3.8, 4) is 0 Å². The first-order valence-corrected chi connectivity index (χ1v) is 9.82. The lowest BCUT2D eigenvalue weighted by molar-refractivity contribution is -0.134. The highest BCUT2D eigenvalue weighted by molar-refractivity contribution is 5.77. The summed E-state index contributed by atoms with van der Waals surface area (Å²) in [6.07, 6.45) is 5.71. The number of nitrogens with zero attached hydrogens (tertiary/aromatic N) is 2. The molecular weight excluding hydrogens is 312 g/mol. The Labute approximate surface area is 151 Å². The fourth-order valence-corrected chi connectivity index (χ4v) is 4.33. The molecule has 1 saturated heterocycles. The van der Waals surface area contributed by atoms with Crippen molar-refractivity contribution in [1.29, 1.82) is 0 Å². The molecule has 0 radical (unpaired) electrons. The van der Waals surface area contributed by atoms with Gasteiger partial charge in [-0.2, -0.15) is 0 Å². The zero-order valence-electron chi connectivity index (χ0n) is 15.7. The minimum atomic E-state index is 0.0388. The van der Waals surface area contributed by atoms with Gasteiger partial charge in [0.1, 0.15) is 0 Å². The Bertz CT molecular complexity index is 587. The van der Waals surface area contributed by atoms with E-state index in [1.54, 1.807) is 0 Å². The Balaban J connectivity index is 1.56. The van der Waals surface area contributed by atoms with E-state index in [-0.39, 0.29) is 17.9 Å². The van der Waals surface area contributed by atoms with Crippen LogP contribution in [0.15, 0.2) is 24.3 Å². The lowest BCUT2D eigenvalue weighted by Crippen LogP contribution is -2.46. The monoisotopic (exact) mass is 344 g/mol. The Morgan fingerprint density at radius 1 is 1.28 bits per heavy atom. The van der Waals surface area contributed by atoms with Crippen LogP contribution in [0.5, 0.6) is 0 Å². The fourth-order valence-electron chi connectivity index (χ4n) is 4.33. The van der Waals surface area contributed by atoms with Crippen LogP contribution in [-0.2, 0) is 11.2 Å². The predicted octanol–water partition coefficient (Wildman–Crippen LogP) is 3.23. The number of hydrogen-bond donors (Lipinski definition) is 1. The lowest BCUT2D eigenvalue weighted by Gasteiger charge is -2.41. The van der Waals surface area contributed by atoms with Gasteiger partial charge in [-0.3, -0.25) is 4.79 Å². The van der Waals surface area contributed by atoms with Gasteiger partial charge in [-0.25, -0.2) is 0 Å². The van der Waals surface area contributed by atoms with Crippen molar-refractivity contribution in [2.75, 3.05) is 31.1 Å². The Morgan fingerprint density at radius 3 is 2.68 bits per heavy atom. The van der Waals surface area contributed by atoms with Gasteiger partial charge < -0.3 is 14.9 Å². The summed E-state index contributed by atoms with van der Waals surface area (Å²) in [6, 6.07) is 9.08. The summed E-state index contributed by atoms with van der Waals surface area (Å²) in [7, 11) is 0. The number of aliphatic hydroxyl groups excluding tert-OH is 1. The van der Waals surface area contributed by atoms with Crippen molar-refractivity contribution in [3.05, 3.63) is 29.8 Å². The molecule has 1 unspecified atom stereocenters. The number of hydrogen-bond acceptors (Lipinski definition) is 3. The maximum absolute atomic E-state index is 12.7. The number of aliphatic hydroxyl groups is 1. The minimum Gasteiger partial charge on any atom is -0.396 e. The predicted molar refractivity (Wildman–Crippen MR) is 102 cm³/mol. The molecule has 1 aromatic carbocycles. The van der Waals surface area contributed by atoms with Gasteiger partial charge in [-0.05, 0) is 56.1 Å². The first-order valence-electron chi connectivity index (χ1n) is 9.82. The van der Waals surface area contributed by atoms with Gasteiger partial charge >= 0.3 is 0 Å². The number of para-hydroxylation sites is 1. The number of rotatable bonds is 5. The normalized spacial score (nSPS) is 22.6. The topological polar surface area (TPSA) is 43.8 Å². The summed E-state index contributed by atoms with van der Waals surface area (Å²) in [5, 5.41) is 9.65. The molecule has 1 N–H and O–H groups in total. The van der Waals surface area contributed by atoms with Crippen LogP contribution in [0.4, 0.5) is 5.69 Å². The maximum Gasteiger partial charge on any atom is 0.224 e. The van der Waals surface area contributed by atoms with E-state index < -0.39 is 0 Å². The molecule has 4 heteroatoms. The van der Waals surface area contributed by atoms with Gasteiger partial charge in [0.25, 0.3) is 0 Å². The van der Waals surface area contributed by atoms with Crippen LogP contribution in [0.3, 0.4) is 0 Å². The van der Waals surface area contributed by atoms with E-state index in [9.17, 15) is 9.90 Å². The smallest absolute Gasteiger partial charge is 0.224 e. The molecule has 1 atom stereocenters. The lowest BCUT2D eigenvalue weighted by atomic mass is 9.77. The molecule has 2 aliphatic heterocycles. The van der Waals surface area contributed by atoms with E-state index in [1.165, 1.54) is 11.3 Å². The van der Waals surface area contributed by atoms with Crippen LogP contribution in [0.1, 0.15) is 51.5 Å². The van der Waals surface area contributed by atoms with E-state index in [0.717, 1.165) is 51.7 Å². The molecule has 138 valence electrons. The molecular formula is C21H32N2O2. The van der Waals surface area contributed by atoms with Crippen LogP contribution in [0.2, 0.25) is 0 Å². The number of carbonyl (C=O) groups is 1. The zero-order valence-corrected chi connectivity index (χ0v) is 15.7. The molecule has 1 amide bonds. The number of fused-ring (bicyclic) bond motifs is 1. The summed E-state index contributed by atoms with van der Waals surface area (Å²) in [4.78, 5) is 17.1. The van der Waals surface area contributed by atoms with Crippen molar-refractivity contribution in [3.63, 3.8) is 0 Å². The summed E-state index contributed by atoms with van der Waals surface area (Å²) in [5.74, 6) is 0.262. The molecule has 2 aliphatic rings.